The van der Waals surface area contributed by atoms with E-state index < -0.39 is 0 Å². The van der Waals surface area contributed by atoms with Gasteiger partial charge in [0.05, 0.1) is 0 Å². The fourth-order valence-corrected chi connectivity index (χ4v) is 7.55. The third-order valence-electron chi connectivity index (χ3n) is 10.7. The van der Waals surface area contributed by atoms with Crippen LogP contribution in [0.3, 0.4) is 0 Å². The minimum atomic E-state index is 0. The molecule has 4 aromatic carbocycles. The van der Waals surface area contributed by atoms with E-state index in [2.05, 4.69) is 186 Å². The predicted octanol–water partition coefficient (Wildman–Crippen LogP) is 16.2. The van der Waals surface area contributed by atoms with Gasteiger partial charge in [0.15, 0.2) is 0 Å². The summed E-state index contributed by atoms with van der Waals surface area (Å²) in [6.07, 6.45) is 4.21. The molecule has 0 aliphatic heterocycles. The van der Waals surface area contributed by atoms with Crippen molar-refractivity contribution >= 4 is 45.1 Å². The molecule has 0 saturated heterocycles. The molecular weight excluding hydrogens is 911 g/mol. The summed E-state index contributed by atoms with van der Waals surface area (Å²) in [7, 11) is 0. The number of para-hydroxylation sites is 2. The van der Waals surface area contributed by atoms with Crippen molar-refractivity contribution in [2.45, 2.75) is 92.2 Å². The van der Waals surface area contributed by atoms with Crippen LogP contribution in [0.25, 0.3) is 32.7 Å². The molecule has 0 saturated carbocycles. The largest absolute Gasteiger partial charge is 0.436 e. The summed E-state index contributed by atoms with van der Waals surface area (Å²) in [6.45, 7) is 19.4. The maximum atomic E-state index is 5.04. The molecule has 0 radical (unpaired) electrons. The quantitative estimate of drug-likeness (QED) is 0.0904. The average Bonchev–Trinajstić information content (AvgIpc) is 3.81. The predicted molar refractivity (Wildman–Crippen MR) is 258 cm³/mol. The van der Waals surface area contributed by atoms with E-state index in [-0.39, 0.29) is 40.7 Å². The van der Waals surface area contributed by atoms with Gasteiger partial charge in [-0.15, -0.1) is 0 Å². The fourth-order valence-electron chi connectivity index (χ4n) is 7.55. The van der Waals surface area contributed by atoms with Gasteiger partial charge in [-0.05, 0) is 91.3 Å². The Bertz CT molecular complexity index is 2350. The summed E-state index contributed by atoms with van der Waals surface area (Å²) in [5.41, 5.74) is 11.7. The number of hydrogen-bond donors (Lipinski definition) is 0. The van der Waals surface area contributed by atoms with Gasteiger partial charge in [0.25, 0.3) is 0 Å². The zero-order chi connectivity index (χ0) is 40.8. The van der Waals surface area contributed by atoms with Crippen LogP contribution in [-0.2, 0) is 38.9 Å². The van der Waals surface area contributed by atoms with Crippen molar-refractivity contribution in [3.8, 4) is 0 Å². The Morgan fingerprint density at radius 1 is 0.410 bits per heavy atom. The van der Waals surface area contributed by atoms with Crippen molar-refractivity contribution in [1.82, 2.24) is 19.1 Å². The average molecular weight is 974 g/mol. The van der Waals surface area contributed by atoms with Crippen LogP contribution in [-0.4, -0.2) is 19.1 Å². The number of hydrogen-bond acceptors (Lipinski definition) is 2. The van der Waals surface area contributed by atoms with Crippen LogP contribution in [0.1, 0.15) is 112 Å². The Morgan fingerprint density at radius 3 is 1.05 bits per heavy atom. The molecule has 8 aromatic rings. The van der Waals surface area contributed by atoms with Gasteiger partial charge >= 0.3 is 0 Å². The van der Waals surface area contributed by atoms with Crippen LogP contribution in [0.15, 0.2) is 146 Å². The van der Waals surface area contributed by atoms with Crippen molar-refractivity contribution in [3.05, 3.63) is 205 Å². The maximum Gasteiger partial charge on any atom is 0.0472 e. The van der Waals surface area contributed by atoms with E-state index in [1.54, 1.807) is 0 Å². The molecule has 8 rings (SSSR count). The summed E-state index contributed by atoms with van der Waals surface area (Å²) in [5.74, 6) is 3.19. The molecule has 6 nitrogen and oxygen atoms in total. The van der Waals surface area contributed by atoms with E-state index in [1.807, 2.05) is 24.3 Å². The van der Waals surface area contributed by atoms with Crippen LogP contribution in [0.5, 0.6) is 0 Å². The summed E-state index contributed by atoms with van der Waals surface area (Å²) in [5, 5.41) is 12.4. The van der Waals surface area contributed by atoms with Crippen LogP contribution in [0, 0.1) is 14.9 Å². The van der Waals surface area contributed by atoms with Gasteiger partial charge in [-0.25, -0.2) is 0 Å². The Balaban J connectivity index is 0.000000256. The summed E-state index contributed by atoms with van der Waals surface area (Å²) in [6, 6.07) is 46.5. The Labute approximate surface area is 384 Å². The monoisotopic (exact) mass is 974 g/mol. The second kappa shape index (κ2) is 22.0. The van der Waals surface area contributed by atoms with Gasteiger partial charge in [0.1, 0.15) is 0 Å². The first-order valence-corrected chi connectivity index (χ1v) is 20.7. The zero-order valence-electron chi connectivity index (χ0n) is 37.8. The van der Waals surface area contributed by atoms with Crippen molar-refractivity contribution < 1.29 is 25.8 Å². The minimum Gasteiger partial charge on any atom is -0.436 e. The Hall–Kier alpha value is -5.27. The van der Waals surface area contributed by atoms with Crippen molar-refractivity contribution in [2.24, 2.45) is 0 Å². The van der Waals surface area contributed by atoms with E-state index in [0.717, 1.165) is 58.2 Å². The van der Waals surface area contributed by atoms with E-state index >= 15 is 0 Å². The van der Waals surface area contributed by atoms with Crippen molar-refractivity contribution in [2.75, 3.05) is 0 Å². The van der Waals surface area contributed by atoms with E-state index in [1.165, 1.54) is 33.4 Å². The molecule has 7 heteroatoms. The normalized spacial score (nSPS) is 11.0. The number of aromatic nitrogens is 4. The van der Waals surface area contributed by atoms with E-state index in [4.69, 9.17) is 20.6 Å². The molecule has 0 N–H and O–H groups in total. The maximum absolute atomic E-state index is 5.04. The molecule has 0 amide bonds. The van der Waals surface area contributed by atoms with Gasteiger partial charge in [0, 0.05) is 62.6 Å². The van der Waals surface area contributed by atoms with Gasteiger partial charge in [-0.1, -0.05) is 188 Å². The van der Waals surface area contributed by atoms with Crippen LogP contribution in [0.2, 0.25) is 0 Å². The molecule has 61 heavy (non-hydrogen) atoms. The van der Waals surface area contributed by atoms with E-state index in [0.29, 0.717) is 23.7 Å². The molecule has 4 heterocycles. The van der Waals surface area contributed by atoms with Gasteiger partial charge in [0.2, 0.25) is 0 Å². The molecule has 0 unspecified atom stereocenters. The molecule has 4 aromatic heterocycles. The SMILES string of the molecule is CC(C)c1cccc(C(C)C)c1[N-]c1ccc2ccn(Cc3ccccc3)c2n1.CC(C)c1cccc(C(C)C)c1[N-]c1ccc2ccn(Cc3ccccc3)c2n1.[CH3-].[CH3-].[Hf]. The number of pyridine rings is 2. The van der Waals surface area contributed by atoms with Crippen LogP contribution < -0.4 is 0 Å². The van der Waals surface area contributed by atoms with Crippen molar-refractivity contribution in [3.63, 3.8) is 0 Å². The Kier molecular flexibility index (Phi) is 17.5. The van der Waals surface area contributed by atoms with Crippen LogP contribution in [0.4, 0.5) is 23.0 Å². The third kappa shape index (κ3) is 11.6. The summed E-state index contributed by atoms with van der Waals surface area (Å²) < 4.78 is 4.39. The first-order chi connectivity index (χ1) is 28.0. The molecule has 0 aliphatic rings. The molecule has 0 fully saturated rings. The van der Waals surface area contributed by atoms with Crippen molar-refractivity contribution in [1.29, 1.82) is 0 Å². The topological polar surface area (TPSA) is 63.8 Å². The minimum absolute atomic E-state index is 0. The van der Waals surface area contributed by atoms with Gasteiger partial charge in [-0.2, -0.15) is 0 Å². The molecule has 0 aliphatic carbocycles. The third-order valence-corrected chi connectivity index (χ3v) is 10.7. The summed E-state index contributed by atoms with van der Waals surface area (Å²) >= 11 is 0. The molecule has 0 bridgehead atoms. The summed E-state index contributed by atoms with van der Waals surface area (Å²) in [4.78, 5) is 9.85. The first-order valence-electron chi connectivity index (χ1n) is 20.7. The fraction of sp³-hybridized carbons (Fsp3) is 0.259. The standard InChI is InChI=1S/2C26H28N3.2CH3.Hf/c2*1-18(2)22-11-8-12-23(19(3)4)25(22)27-24-14-13-21-15-16-29(26(21)28-24)17-20-9-6-5-7-10-20;;;/h2*5-16,18-19H,17H2,1-4H3;2*1H3;/q4*-1;. The number of nitrogens with zero attached hydrogens (tertiary/aromatic N) is 6. The number of benzene rings is 4. The van der Waals surface area contributed by atoms with E-state index in [9.17, 15) is 0 Å². The zero-order valence-corrected chi connectivity index (χ0v) is 41.4. The first kappa shape index (κ1) is 48.4. The molecule has 0 atom stereocenters. The second-order valence-electron chi connectivity index (χ2n) is 16.4. The number of rotatable bonds is 12. The Morgan fingerprint density at radius 2 is 0.738 bits per heavy atom. The molecular formula is C54H62HfN6-4. The second-order valence-corrected chi connectivity index (χ2v) is 16.4. The van der Waals surface area contributed by atoms with Crippen LogP contribution >= 0.6 is 0 Å². The smallest absolute Gasteiger partial charge is 0.0472 e. The molecule has 0 spiro atoms. The van der Waals surface area contributed by atoms with Gasteiger partial charge < -0.3 is 44.6 Å². The molecule has 316 valence electrons. The number of fused-ring (bicyclic) bond motifs is 2. The van der Waals surface area contributed by atoms with Gasteiger partial charge in [-0.3, -0.25) is 0 Å².